The summed E-state index contributed by atoms with van der Waals surface area (Å²) in [5.74, 6) is 0.684. The van der Waals surface area contributed by atoms with Gasteiger partial charge in [0.25, 0.3) is 0 Å². The predicted octanol–water partition coefficient (Wildman–Crippen LogP) is 5.69. The van der Waals surface area contributed by atoms with Crippen LogP contribution in [0.4, 0.5) is 8.78 Å². The van der Waals surface area contributed by atoms with E-state index in [1.807, 2.05) is 6.92 Å². The molecule has 0 unspecified atom stereocenters. The third kappa shape index (κ3) is 3.51. The van der Waals surface area contributed by atoms with Crippen molar-refractivity contribution in [2.75, 3.05) is 0 Å². The van der Waals surface area contributed by atoms with Crippen LogP contribution in [0.25, 0.3) is 11.0 Å². The summed E-state index contributed by atoms with van der Waals surface area (Å²) in [6, 6.07) is 2.12. The number of carbonyl (C=O) groups is 1. The highest BCUT2D eigenvalue weighted by atomic mass is 19.2. The van der Waals surface area contributed by atoms with E-state index in [0.29, 0.717) is 34.6 Å². The number of hydrogen-bond acceptors (Lipinski definition) is 4. The Hall–Kier alpha value is -1.89. The molecule has 0 bridgehead atoms. The molecule has 4 aliphatic carbocycles. The van der Waals surface area contributed by atoms with E-state index < -0.39 is 17.2 Å². The molecular formula is C28H37F2N3O2. The topological polar surface area (TPSA) is 68.0 Å². The first-order valence-electron chi connectivity index (χ1n) is 13.5. The van der Waals surface area contributed by atoms with Crippen LogP contribution < -0.4 is 0 Å². The number of halogens is 2. The van der Waals surface area contributed by atoms with Crippen molar-refractivity contribution in [3.8, 4) is 0 Å². The molecule has 2 aromatic rings. The molecular weight excluding hydrogens is 448 g/mol. The van der Waals surface area contributed by atoms with Crippen LogP contribution in [0.5, 0.6) is 0 Å². The quantitative estimate of drug-likeness (QED) is 0.607. The summed E-state index contributed by atoms with van der Waals surface area (Å²) in [4.78, 5) is 13.6. The van der Waals surface area contributed by atoms with E-state index in [1.165, 1.54) is 17.5 Å². The average molecular weight is 486 g/mol. The van der Waals surface area contributed by atoms with Gasteiger partial charge in [0.2, 0.25) is 0 Å². The van der Waals surface area contributed by atoms with E-state index in [2.05, 4.69) is 24.2 Å². The van der Waals surface area contributed by atoms with Crippen molar-refractivity contribution in [1.82, 2.24) is 15.0 Å². The zero-order valence-corrected chi connectivity index (χ0v) is 21.1. The van der Waals surface area contributed by atoms with Crippen molar-refractivity contribution in [3.05, 3.63) is 23.8 Å². The highest BCUT2D eigenvalue weighted by Gasteiger charge is 2.61. The zero-order valence-electron chi connectivity index (χ0n) is 21.1. The minimum atomic E-state index is -0.955. The van der Waals surface area contributed by atoms with Crippen molar-refractivity contribution < 1.29 is 18.7 Å². The van der Waals surface area contributed by atoms with Gasteiger partial charge in [-0.25, -0.2) is 13.5 Å². The Balaban J connectivity index is 1.22. The molecule has 1 aromatic carbocycles. The highest BCUT2D eigenvalue weighted by molar-refractivity contribution is 5.84. The zero-order chi connectivity index (χ0) is 24.8. The monoisotopic (exact) mass is 485 g/mol. The lowest BCUT2D eigenvalue weighted by Gasteiger charge is -2.61. The van der Waals surface area contributed by atoms with Gasteiger partial charge in [0.15, 0.2) is 17.4 Å². The standard InChI is InChI=1S/C28H37F2N3O2/c1-26(35)10-11-27(2)16(14-26)4-5-17-18-6-7-20(28(18,3)9-8-19(17)27)25(34)15-33-24-13-22(30)21(29)12-23(24)31-32-33/h12-13,16-20,35H,4-11,14-15H2,1-3H3/t16-,17+,18+,19+,20-,26-,27+,28+/m1/s1. The van der Waals surface area contributed by atoms with Crippen LogP contribution in [0.1, 0.15) is 78.6 Å². The van der Waals surface area contributed by atoms with Gasteiger partial charge in [-0.15, -0.1) is 5.10 Å². The Bertz CT molecular complexity index is 1180. The molecule has 4 fully saturated rings. The van der Waals surface area contributed by atoms with Crippen LogP contribution in [-0.4, -0.2) is 31.5 Å². The van der Waals surface area contributed by atoms with Gasteiger partial charge < -0.3 is 5.11 Å². The second-order valence-corrected chi connectivity index (χ2v) is 13.0. The Morgan fingerprint density at radius 1 is 1.00 bits per heavy atom. The lowest BCUT2D eigenvalue weighted by atomic mass is 9.44. The molecule has 8 atom stereocenters. The molecule has 0 saturated heterocycles. The van der Waals surface area contributed by atoms with Gasteiger partial charge >= 0.3 is 0 Å². The van der Waals surface area contributed by atoms with E-state index in [1.54, 1.807) is 0 Å². The van der Waals surface area contributed by atoms with E-state index >= 15 is 0 Å². The van der Waals surface area contributed by atoms with E-state index in [9.17, 15) is 18.7 Å². The number of benzene rings is 1. The molecule has 0 amide bonds. The average Bonchev–Trinajstić information content (AvgIpc) is 3.34. The fourth-order valence-corrected chi connectivity index (χ4v) is 9.30. The summed E-state index contributed by atoms with van der Waals surface area (Å²) in [5, 5.41) is 18.7. The van der Waals surface area contributed by atoms with Crippen LogP contribution in [0.2, 0.25) is 0 Å². The second-order valence-electron chi connectivity index (χ2n) is 13.0. The van der Waals surface area contributed by atoms with Crippen LogP contribution in [-0.2, 0) is 11.3 Å². The summed E-state index contributed by atoms with van der Waals surface area (Å²) in [6.45, 7) is 6.88. The lowest BCUT2D eigenvalue weighted by Crippen LogP contribution is -2.55. The number of ketones is 1. The number of nitrogens with zero attached hydrogens (tertiary/aromatic N) is 3. The first-order chi connectivity index (χ1) is 16.5. The molecule has 0 spiro atoms. The van der Waals surface area contributed by atoms with E-state index in [0.717, 1.165) is 57.1 Å². The normalized spacial score (nSPS) is 43.0. The Morgan fingerprint density at radius 3 is 2.54 bits per heavy atom. The van der Waals surface area contributed by atoms with E-state index in [4.69, 9.17) is 0 Å². The SMILES string of the molecule is C[C@@]1(O)CC[C@@]2(C)[C@H](CC[C@@H]3[C@@H]2CC[C@]2(C)[C@@H](C(=O)Cn4nnc5cc(F)c(F)cc54)CC[C@@H]32)C1. The fraction of sp³-hybridized carbons (Fsp3) is 0.750. The summed E-state index contributed by atoms with van der Waals surface area (Å²) in [5.41, 5.74) is 0.387. The van der Waals surface area contributed by atoms with Crippen molar-refractivity contribution in [2.45, 2.75) is 90.7 Å². The van der Waals surface area contributed by atoms with Crippen molar-refractivity contribution in [3.63, 3.8) is 0 Å². The summed E-state index contributed by atoms with van der Waals surface area (Å²) in [6.07, 6.45) is 9.52. The van der Waals surface area contributed by atoms with Gasteiger partial charge in [-0.1, -0.05) is 19.1 Å². The van der Waals surface area contributed by atoms with Gasteiger partial charge in [0.1, 0.15) is 12.1 Å². The van der Waals surface area contributed by atoms with Crippen molar-refractivity contribution in [1.29, 1.82) is 0 Å². The smallest absolute Gasteiger partial charge is 0.161 e. The Morgan fingerprint density at radius 2 is 1.74 bits per heavy atom. The van der Waals surface area contributed by atoms with Gasteiger partial charge in [-0.2, -0.15) is 0 Å². The first-order valence-corrected chi connectivity index (χ1v) is 13.5. The fourth-order valence-electron chi connectivity index (χ4n) is 9.30. The Kier molecular flexibility index (Phi) is 5.24. The van der Waals surface area contributed by atoms with Crippen LogP contribution >= 0.6 is 0 Å². The van der Waals surface area contributed by atoms with E-state index in [-0.39, 0.29) is 29.2 Å². The summed E-state index contributed by atoms with van der Waals surface area (Å²) < 4.78 is 28.8. The molecule has 4 aliphatic rings. The van der Waals surface area contributed by atoms with Gasteiger partial charge in [0, 0.05) is 18.1 Å². The maximum atomic E-state index is 13.8. The lowest BCUT2D eigenvalue weighted by molar-refractivity contribution is -0.151. The van der Waals surface area contributed by atoms with Crippen LogP contribution in [0.3, 0.4) is 0 Å². The minimum absolute atomic E-state index is 0.0185. The third-order valence-corrected chi connectivity index (χ3v) is 11.2. The van der Waals surface area contributed by atoms with Crippen molar-refractivity contribution in [2.24, 2.45) is 40.4 Å². The molecule has 190 valence electrons. The maximum absolute atomic E-state index is 13.8. The number of fused-ring (bicyclic) bond motifs is 6. The number of hydrogen-bond donors (Lipinski definition) is 1. The molecule has 1 aromatic heterocycles. The molecule has 0 radical (unpaired) electrons. The van der Waals surface area contributed by atoms with Crippen molar-refractivity contribution >= 4 is 16.8 Å². The molecule has 6 rings (SSSR count). The first kappa shape index (κ1) is 23.5. The maximum Gasteiger partial charge on any atom is 0.161 e. The number of aliphatic hydroxyl groups is 1. The predicted molar refractivity (Wildman–Crippen MR) is 128 cm³/mol. The Labute approximate surface area is 205 Å². The molecule has 0 aliphatic heterocycles. The number of aromatic nitrogens is 3. The third-order valence-electron chi connectivity index (χ3n) is 11.2. The van der Waals surface area contributed by atoms with Crippen LogP contribution in [0, 0.1) is 52.1 Å². The molecule has 1 heterocycles. The largest absolute Gasteiger partial charge is 0.390 e. The summed E-state index contributed by atoms with van der Waals surface area (Å²) >= 11 is 0. The number of Topliss-reactive ketones (excluding diaryl/α,β-unsaturated/α-hetero) is 1. The van der Waals surface area contributed by atoms with Gasteiger partial charge in [0.05, 0.1) is 11.1 Å². The number of carbonyl (C=O) groups excluding carboxylic acids is 1. The number of rotatable bonds is 3. The minimum Gasteiger partial charge on any atom is -0.390 e. The summed E-state index contributed by atoms with van der Waals surface area (Å²) in [7, 11) is 0. The van der Waals surface area contributed by atoms with Gasteiger partial charge in [-0.3, -0.25) is 4.79 Å². The molecule has 4 saturated carbocycles. The molecule has 5 nitrogen and oxygen atoms in total. The van der Waals surface area contributed by atoms with Gasteiger partial charge in [-0.05, 0) is 99.2 Å². The molecule has 1 N–H and O–H groups in total. The van der Waals surface area contributed by atoms with Crippen LogP contribution in [0.15, 0.2) is 12.1 Å². The highest BCUT2D eigenvalue weighted by Crippen LogP contribution is 2.68. The molecule has 7 heteroatoms. The second kappa shape index (κ2) is 7.80. The molecule has 35 heavy (non-hydrogen) atoms.